The normalized spacial score (nSPS) is 27.7. The van der Waals surface area contributed by atoms with Gasteiger partial charge in [-0.25, -0.2) is 22.3 Å². The maximum Gasteiger partial charge on any atom is 0.411 e. The molecular weight excluding hydrogens is 535 g/mol. The van der Waals surface area contributed by atoms with E-state index in [2.05, 4.69) is 17.0 Å². The van der Waals surface area contributed by atoms with Crippen molar-refractivity contribution < 1.29 is 27.1 Å². The Balaban J connectivity index is 1.26. The second-order valence-corrected chi connectivity index (χ2v) is 14.1. The number of fused-ring (bicyclic) bond motifs is 5. The summed E-state index contributed by atoms with van der Waals surface area (Å²) in [5.41, 5.74) is 7.15. The number of hydrogen-bond donors (Lipinski definition) is 3. The summed E-state index contributed by atoms with van der Waals surface area (Å²) in [7, 11) is -2.23. The van der Waals surface area contributed by atoms with E-state index in [1.807, 2.05) is 0 Å². The molecule has 3 aliphatic rings. The van der Waals surface area contributed by atoms with Crippen LogP contribution in [0.4, 0.5) is 9.18 Å². The molecule has 11 heteroatoms. The second kappa shape index (κ2) is 10.1. The van der Waals surface area contributed by atoms with Gasteiger partial charge in [-0.05, 0) is 92.8 Å². The van der Waals surface area contributed by atoms with Gasteiger partial charge in [0.25, 0.3) is 0 Å². The molecule has 0 spiro atoms. The fraction of sp³-hybridized carbons (Fsp3) is 0.517. The summed E-state index contributed by atoms with van der Waals surface area (Å²) in [4.78, 5) is 28.3. The van der Waals surface area contributed by atoms with Gasteiger partial charge >= 0.3 is 6.09 Å². The average Bonchev–Trinajstić information content (AvgIpc) is 3.22. The molecule has 0 aromatic heterocycles. The van der Waals surface area contributed by atoms with Gasteiger partial charge in [-0.2, -0.15) is 0 Å². The largest absolute Gasteiger partial charge is 0.444 e. The highest BCUT2D eigenvalue weighted by Gasteiger charge is 2.71. The topological polar surface area (TPSA) is 131 Å². The number of rotatable bonds is 7. The highest BCUT2D eigenvalue weighted by molar-refractivity contribution is 7.89. The lowest BCUT2D eigenvalue weighted by Gasteiger charge is -2.35. The molecule has 7 atom stereocenters. The standard InChI is InChI=1S/C29H37FN4O5S/c1-15-24-20-14-22(25(15)24)34(28(36)39-29(2,3)4)26(20)27(35)33-23(31)13-18-7-6-17(12-21(18)30)16-8-10-19(11-9-16)40(37,38)32-5/h6-12,15,20,22-26,32H,13-14,31H2,1-5H3,(H,33,35)/t15-,20+,22-,23-,24-,25+,26-/m0/s1. The third-order valence-corrected chi connectivity index (χ3v) is 9.92. The zero-order valence-corrected chi connectivity index (χ0v) is 24.2. The van der Waals surface area contributed by atoms with E-state index in [4.69, 9.17) is 10.5 Å². The number of sulfonamides is 1. The van der Waals surface area contributed by atoms with Gasteiger partial charge in [0.15, 0.2) is 0 Å². The number of benzene rings is 2. The molecule has 1 saturated heterocycles. The summed E-state index contributed by atoms with van der Waals surface area (Å²) in [6.07, 6.45) is -0.493. The van der Waals surface area contributed by atoms with Crippen molar-refractivity contribution >= 4 is 22.0 Å². The van der Waals surface area contributed by atoms with Crippen LogP contribution in [0.3, 0.4) is 0 Å². The predicted octanol–water partition coefficient (Wildman–Crippen LogP) is 3.23. The molecule has 2 amide bonds. The first-order valence-corrected chi connectivity index (χ1v) is 15.1. The summed E-state index contributed by atoms with van der Waals surface area (Å²) < 4.78 is 46.9. The number of nitrogens with one attached hydrogen (secondary N) is 2. The van der Waals surface area contributed by atoms with Gasteiger partial charge in [-0.3, -0.25) is 9.69 Å². The van der Waals surface area contributed by atoms with Crippen molar-refractivity contribution in [2.75, 3.05) is 7.05 Å². The molecule has 3 fully saturated rings. The number of hydrogen-bond acceptors (Lipinski definition) is 6. The highest BCUT2D eigenvalue weighted by atomic mass is 32.2. The summed E-state index contributed by atoms with van der Waals surface area (Å²) in [6, 6.07) is 10.2. The molecule has 2 saturated carbocycles. The first-order valence-electron chi connectivity index (χ1n) is 13.6. The van der Waals surface area contributed by atoms with E-state index >= 15 is 4.39 Å². The molecule has 216 valence electrons. The Morgan fingerprint density at radius 1 is 1.12 bits per heavy atom. The van der Waals surface area contributed by atoms with Crippen LogP contribution in [-0.4, -0.2) is 56.2 Å². The second-order valence-electron chi connectivity index (χ2n) is 12.2. The molecule has 1 aliphatic heterocycles. The lowest BCUT2D eigenvalue weighted by molar-refractivity contribution is -0.128. The maximum absolute atomic E-state index is 15.1. The van der Waals surface area contributed by atoms with Gasteiger partial charge < -0.3 is 15.8 Å². The van der Waals surface area contributed by atoms with Gasteiger partial charge in [0.05, 0.1) is 11.1 Å². The van der Waals surface area contributed by atoms with Crippen molar-refractivity contribution in [1.29, 1.82) is 0 Å². The Morgan fingerprint density at radius 2 is 1.77 bits per heavy atom. The smallest absolute Gasteiger partial charge is 0.411 e. The van der Waals surface area contributed by atoms with Crippen molar-refractivity contribution in [3.05, 3.63) is 53.8 Å². The number of carbonyl (C=O) groups is 2. The van der Waals surface area contributed by atoms with Crippen LogP contribution in [0.5, 0.6) is 0 Å². The Kier molecular flexibility index (Phi) is 7.21. The Labute approximate surface area is 234 Å². The molecule has 2 aromatic carbocycles. The van der Waals surface area contributed by atoms with E-state index in [1.165, 1.54) is 25.2 Å². The molecule has 1 heterocycles. The third kappa shape index (κ3) is 5.22. The van der Waals surface area contributed by atoms with Gasteiger partial charge in [0.2, 0.25) is 15.9 Å². The molecule has 9 nitrogen and oxygen atoms in total. The summed E-state index contributed by atoms with van der Waals surface area (Å²) in [5, 5.41) is 2.82. The molecule has 2 aliphatic carbocycles. The van der Waals surface area contributed by atoms with E-state index in [0.717, 1.165) is 6.42 Å². The maximum atomic E-state index is 15.1. The molecule has 2 aromatic rings. The summed E-state index contributed by atoms with van der Waals surface area (Å²) in [5.74, 6) is 0.544. The van der Waals surface area contributed by atoms with E-state index in [-0.39, 0.29) is 29.2 Å². The van der Waals surface area contributed by atoms with Crippen LogP contribution in [-0.2, 0) is 26.0 Å². The van der Waals surface area contributed by atoms with E-state index in [1.54, 1.807) is 49.9 Å². The van der Waals surface area contributed by atoms with Crippen molar-refractivity contribution in [3.8, 4) is 11.1 Å². The zero-order chi connectivity index (χ0) is 29.1. The average molecular weight is 573 g/mol. The van der Waals surface area contributed by atoms with Gasteiger partial charge in [0, 0.05) is 12.5 Å². The Morgan fingerprint density at radius 3 is 2.38 bits per heavy atom. The van der Waals surface area contributed by atoms with Gasteiger partial charge in [-0.15, -0.1) is 0 Å². The van der Waals surface area contributed by atoms with E-state index in [0.29, 0.717) is 34.4 Å². The number of halogens is 1. The number of carbonyl (C=O) groups excluding carboxylic acids is 2. The van der Waals surface area contributed by atoms with Crippen molar-refractivity contribution in [1.82, 2.24) is 14.9 Å². The van der Waals surface area contributed by atoms with Crippen LogP contribution in [0.1, 0.15) is 39.7 Å². The minimum Gasteiger partial charge on any atom is -0.444 e. The molecule has 0 radical (unpaired) electrons. The summed E-state index contributed by atoms with van der Waals surface area (Å²) >= 11 is 0. The fourth-order valence-electron chi connectivity index (χ4n) is 6.73. The number of ether oxygens (including phenoxy) is 1. The number of likely N-dealkylation sites (tertiary alicyclic amines) is 1. The highest BCUT2D eigenvalue weighted by Crippen LogP contribution is 2.67. The summed E-state index contributed by atoms with van der Waals surface area (Å²) in [6.45, 7) is 7.57. The van der Waals surface area contributed by atoms with Crippen molar-refractivity contribution in [2.24, 2.45) is 29.4 Å². The molecule has 5 rings (SSSR count). The van der Waals surface area contributed by atoms with Gasteiger partial charge in [0.1, 0.15) is 17.5 Å². The third-order valence-electron chi connectivity index (χ3n) is 8.49. The molecule has 0 unspecified atom stereocenters. The van der Waals surface area contributed by atoms with E-state index < -0.39 is 39.7 Å². The first kappa shape index (κ1) is 28.5. The van der Waals surface area contributed by atoms with Gasteiger partial charge in [-0.1, -0.05) is 31.2 Å². The van der Waals surface area contributed by atoms with Crippen LogP contribution in [0.2, 0.25) is 0 Å². The fourth-order valence-corrected chi connectivity index (χ4v) is 7.46. The SMILES string of the molecule is CNS(=O)(=O)c1ccc(-c2ccc(C[C@@H](N)NC(=O)[C@@H]3[C@@H]4C[C@@H]([C@H]5[C@@H](C)[C@@H]45)N3C(=O)OC(C)(C)C)c(F)c2)cc1. The number of piperidine rings is 1. The Bertz CT molecular complexity index is 1420. The minimum absolute atomic E-state index is 0.00998. The first-order chi connectivity index (χ1) is 18.7. The van der Waals surface area contributed by atoms with Crippen molar-refractivity contribution in [3.63, 3.8) is 0 Å². The monoisotopic (exact) mass is 572 g/mol. The van der Waals surface area contributed by atoms with Crippen LogP contribution in [0.25, 0.3) is 11.1 Å². The number of nitrogens with zero attached hydrogens (tertiary/aromatic N) is 1. The quantitative estimate of drug-likeness (QED) is 0.437. The predicted molar refractivity (Wildman–Crippen MR) is 148 cm³/mol. The van der Waals surface area contributed by atoms with Crippen LogP contribution < -0.4 is 15.8 Å². The number of amides is 2. The Hall–Kier alpha value is -3.02. The van der Waals surface area contributed by atoms with Crippen LogP contribution in [0, 0.1) is 29.5 Å². The zero-order valence-electron chi connectivity index (χ0n) is 23.3. The molecule has 40 heavy (non-hydrogen) atoms. The molecule has 2 bridgehead atoms. The van der Waals surface area contributed by atoms with E-state index in [9.17, 15) is 18.0 Å². The molecule has 4 N–H and O–H groups in total. The minimum atomic E-state index is -3.57. The lowest BCUT2D eigenvalue weighted by atomic mass is 9.94. The molecular formula is C29H37FN4O5S. The van der Waals surface area contributed by atoms with Crippen molar-refractivity contribution in [2.45, 2.75) is 69.3 Å². The lowest BCUT2D eigenvalue weighted by Crippen LogP contribution is -2.57. The number of nitrogens with two attached hydrogens (primary N) is 1. The van der Waals surface area contributed by atoms with Crippen LogP contribution >= 0.6 is 0 Å². The van der Waals surface area contributed by atoms with Crippen LogP contribution in [0.15, 0.2) is 47.4 Å².